The van der Waals surface area contributed by atoms with Crippen LogP contribution in [0.15, 0.2) is 53.9 Å². The van der Waals surface area contributed by atoms with E-state index in [-0.39, 0.29) is 22.9 Å². The van der Waals surface area contributed by atoms with E-state index in [1.54, 1.807) is 11.4 Å². The van der Waals surface area contributed by atoms with Crippen LogP contribution >= 0.6 is 22.9 Å². The predicted octanol–water partition coefficient (Wildman–Crippen LogP) is 6.16. The van der Waals surface area contributed by atoms with Crippen LogP contribution in [-0.2, 0) is 12.8 Å². The third kappa shape index (κ3) is 5.28. The first-order valence-electron chi connectivity index (χ1n) is 8.26. The highest BCUT2D eigenvalue weighted by molar-refractivity contribution is 7.12. The second kappa shape index (κ2) is 8.72. The Labute approximate surface area is 177 Å². The number of carbonyl (C=O) groups excluding carboxylic acids is 1. The SMILES string of the molecule is O=C(Nc1ccc(Cl)c(C(F)(F)F)c1)c1cc(COc2ccc([N+](=O)[O-])cc2)cs1. The lowest BCUT2D eigenvalue weighted by molar-refractivity contribution is -0.384. The quantitative estimate of drug-likeness (QED) is 0.356. The van der Waals surface area contributed by atoms with Crippen molar-refractivity contribution in [1.29, 1.82) is 0 Å². The highest BCUT2D eigenvalue weighted by Gasteiger charge is 2.33. The minimum absolute atomic E-state index is 0.0335. The molecule has 0 unspecified atom stereocenters. The van der Waals surface area contributed by atoms with Crippen molar-refractivity contribution in [1.82, 2.24) is 0 Å². The Hall–Kier alpha value is -3.11. The van der Waals surface area contributed by atoms with Crippen molar-refractivity contribution >= 4 is 40.2 Å². The van der Waals surface area contributed by atoms with Crippen molar-refractivity contribution in [3.63, 3.8) is 0 Å². The molecule has 1 heterocycles. The number of benzene rings is 2. The lowest BCUT2D eigenvalue weighted by atomic mass is 10.2. The van der Waals surface area contributed by atoms with Gasteiger partial charge in [0.25, 0.3) is 11.6 Å². The number of rotatable bonds is 6. The van der Waals surface area contributed by atoms with Gasteiger partial charge in [-0.05, 0) is 41.8 Å². The van der Waals surface area contributed by atoms with Crippen molar-refractivity contribution in [2.75, 3.05) is 5.32 Å². The molecule has 3 aromatic rings. The average Bonchev–Trinajstić information content (AvgIpc) is 3.16. The fraction of sp³-hybridized carbons (Fsp3) is 0.105. The van der Waals surface area contributed by atoms with Gasteiger partial charge in [0.1, 0.15) is 12.4 Å². The predicted molar refractivity (Wildman–Crippen MR) is 106 cm³/mol. The van der Waals surface area contributed by atoms with E-state index in [0.29, 0.717) is 11.3 Å². The minimum atomic E-state index is -4.64. The lowest BCUT2D eigenvalue weighted by Gasteiger charge is -2.11. The Morgan fingerprint density at radius 3 is 2.50 bits per heavy atom. The number of ether oxygens (including phenoxy) is 1. The summed E-state index contributed by atoms with van der Waals surface area (Å²) in [4.78, 5) is 22.7. The van der Waals surface area contributed by atoms with E-state index in [0.717, 1.165) is 23.5 Å². The van der Waals surface area contributed by atoms with Crippen LogP contribution in [0.5, 0.6) is 5.75 Å². The molecule has 0 saturated heterocycles. The Balaban J connectivity index is 1.63. The maximum atomic E-state index is 12.9. The van der Waals surface area contributed by atoms with Gasteiger partial charge in [0.2, 0.25) is 0 Å². The number of nitro groups is 1. The summed E-state index contributed by atoms with van der Waals surface area (Å²) in [6.45, 7) is 0.112. The molecular weight excluding hydrogens is 445 g/mol. The van der Waals surface area contributed by atoms with Gasteiger partial charge < -0.3 is 10.1 Å². The van der Waals surface area contributed by atoms with Crippen LogP contribution in [0.3, 0.4) is 0 Å². The van der Waals surface area contributed by atoms with Gasteiger partial charge in [-0.2, -0.15) is 13.2 Å². The van der Waals surface area contributed by atoms with Gasteiger partial charge in [-0.25, -0.2) is 0 Å². The number of hydrogen-bond donors (Lipinski definition) is 1. The van der Waals surface area contributed by atoms with Crippen LogP contribution in [0.2, 0.25) is 5.02 Å². The highest BCUT2D eigenvalue weighted by atomic mass is 35.5. The van der Waals surface area contributed by atoms with Crippen LogP contribution in [0, 0.1) is 10.1 Å². The molecule has 3 rings (SSSR count). The number of nitrogens with one attached hydrogen (secondary N) is 1. The van der Waals surface area contributed by atoms with Crippen molar-refractivity contribution < 1.29 is 27.6 Å². The number of alkyl halides is 3. The first kappa shape index (κ1) is 21.6. The topological polar surface area (TPSA) is 81.5 Å². The molecule has 1 amide bonds. The van der Waals surface area contributed by atoms with Crippen LogP contribution in [-0.4, -0.2) is 10.8 Å². The molecule has 156 valence electrons. The fourth-order valence-corrected chi connectivity index (χ4v) is 3.43. The van der Waals surface area contributed by atoms with Gasteiger partial charge in [-0.1, -0.05) is 11.6 Å². The molecule has 0 radical (unpaired) electrons. The minimum Gasteiger partial charge on any atom is -0.489 e. The molecule has 6 nitrogen and oxygen atoms in total. The third-order valence-electron chi connectivity index (χ3n) is 3.86. The molecular formula is C19H12ClF3N2O4S. The molecule has 0 bridgehead atoms. The molecule has 30 heavy (non-hydrogen) atoms. The third-order valence-corrected chi connectivity index (χ3v) is 5.17. The summed E-state index contributed by atoms with van der Waals surface area (Å²) in [5, 5.41) is 14.3. The van der Waals surface area contributed by atoms with Crippen molar-refractivity contribution in [3.8, 4) is 5.75 Å². The molecule has 1 aromatic heterocycles. The largest absolute Gasteiger partial charge is 0.489 e. The van der Waals surface area contributed by atoms with E-state index < -0.39 is 27.6 Å². The summed E-state index contributed by atoms with van der Waals surface area (Å²) in [5.74, 6) is -0.157. The van der Waals surface area contributed by atoms with E-state index >= 15 is 0 Å². The number of nitrogens with zero attached hydrogens (tertiary/aromatic N) is 1. The van der Waals surface area contributed by atoms with Crippen LogP contribution < -0.4 is 10.1 Å². The van der Waals surface area contributed by atoms with Crippen molar-refractivity contribution in [3.05, 3.63) is 85.1 Å². The molecule has 2 aromatic carbocycles. The smallest absolute Gasteiger partial charge is 0.417 e. The van der Waals surface area contributed by atoms with Crippen LogP contribution in [0.25, 0.3) is 0 Å². The van der Waals surface area contributed by atoms with Gasteiger partial charge in [0, 0.05) is 23.4 Å². The average molecular weight is 457 g/mol. The van der Waals surface area contributed by atoms with Gasteiger partial charge in [-0.15, -0.1) is 11.3 Å². The van der Waals surface area contributed by atoms with Gasteiger partial charge in [0.05, 0.1) is 20.4 Å². The first-order chi connectivity index (χ1) is 14.1. The van der Waals surface area contributed by atoms with Gasteiger partial charge in [-0.3, -0.25) is 14.9 Å². The molecule has 0 fully saturated rings. The standard InChI is InChI=1S/C19H12ClF3N2O4S/c20-16-6-1-12(8-15(16)19(21,22)23)24-18(26)17-7-11(10-30-17)9-29-14-4-2-13(3-5-14)25(27)28/h1-8,10H,9H2,(H,24,26). The zero-order chi connectivity index (χ0) is 21.9. The number of non-ortho nitro benzene ring substituents is 1. The maximum absolute atomic E-state index is 12.9. The highest BCUT2D eigenvalue weighted by Crippen LogP contribution is 2.36. The second-order valence-corrected chi connectivity index (χ2v) is 7.32. The Bertz CT molecular complexity index is 1080. The van der Waals surface area contributed by atoms with Crippen molar-refractivity contribution in [2.24, 2.45) is 0 Å². The van der Waals surface area contributed by atoms with E-state index in [2.05, 4.69) is 5.32 Å². The fourth-order valence-electron chi connectivity index (χ4n) is 2.41. The van der Waals surface area contributed by atoms with Gasteiger partial charge >= 0.3 is 6.18 Å². The zero-order valence-corrected chi connectivity index (χ0v) is 16.5. The van der Waals surface area contributed by atoms with Crippen LogP contribution in [0.4, 0.5) is 24.5 Å². The van der Waals surface area contributed by atoms with Crippen LogP contribution in [0.1, 0.15) is 20.8 Å². The summed E-state index contributed by atoms with van der Waals surface area (Å²) < 4.78 is 44.3. The van der Waals surface area contributed by atoms with E-state index in [4.69, 9.17) is 16.3 Å². The number of hydrogen-bond acceptors (Lipinski definition) is 5. The number of carbonyl (C=O) groups is 1. The lowest BCUT2D eigenvalue weighted by Crippen LogP contribution is -2.12. The number of nitro benzene ring substituents is 1. The van der Waals surface area contributed by atoms with E-state index in [1.807, 2.05) is 0 Å². The van der Waals surface area contributed by atoms with E-state index in [9.17, 15) is 28.1 Å². The van der Waals surface area contributed by atoms with Gasteiger partial charge in [0.15, 0.2) is 0 Å². The van der Waals surface area contributed by atoms with E-state index in [1.165, 1.54) is 30.3 Å². The summed E-state index contributed by atoms with van der Waals surface area (Å²) in [7, 11) is 0. The monoisotopic (exact) mass is 456 g/mol. The second-order valence-electron chi connectivity index (χ2n) is 6.01. The first-order valence-corrected chi connectivity index (χ1v) is 9.52. The summed E-state index contributed by atoms with van der Waals surface area (Å²) in [6, 6.07) is 10.2. The normalized spacial score (nSPS) is 11.2. The number of amides is 1. The molecule has 0 aliphatic carbocycles. The summed E-state index contributed by atoms with van der Waals surface area (Å²) in [5.41, 5.74) is -0.470. The molecule has 11 heteroatoms. The Morgan fingerprint density at radius 1 is 1.17 bits per heavy atom. The Morgan fingerprint density at radius 2 is 1.87 bits per heavy atom. The zero-order valence-electron chi connectivity index (χ0n) is 14.9. The Kier molecular flexibility index (Phi) is 6.28. The van der Waals surface area contributed by atoms with Crippen molar-refractivity contribution in [2.45, 2.75) is 12.8 Å². The summed E-state index contributed by atoms with van der Waals surface area (Å²) >= 11 is 6.67. The number of halogens is 4. The molecule has 0 atom stereocenters. The molecule has 0 saturated carbocycles. The molecule has 0 aliphatic rings. The summed E-state index contributed by atoms with van der Waals surface area (Å²) in [6.07, 6.45) is -4.64. The number of anilines is 1. The molecule has 0 aliphatic heterocycles. The molecule has 0 spiro atoms. The number of thiophene rings is 1. The molecule has 1 N–H and O–H groups in total. The maximum Gasteiger partial charge on any atom is 0.417 e.